The van der Waals surface area contributed by atoms with Gasteiger partial charge in [-0.2, -0.15) is 0 Å². The van der Waals surface area contributed by atoms with E-state index in [0.717, 1.165) is 68.4 Å². The Kier molecular flexibility index (Phi) is 14.9. The first-order valence-corrected chi connectivity index (χ1v) is 21.5. The lowest BCUT2D eigenvalue weighted by atomic mass is 9.97. The van der Waals surface area contributed by atoms with Crippen LogP contribution in [0.1, 0.15) is 59.6 Å². The molecule has 0 radical (unpaired) electrons. The van der Waals surface area contributed by atoms with E-state index in [4.69, 9.17) is 13.1 Å². The highest BCUT2D eigenvalue weighted by atomic mass is 15.1. The SMILES string of the molecule is [C-]#[N+]/C(=C\c1ccc(N(c2ccccc2)c2ccccc2)cc1)c1ccc(C(C)CC)cc1.[C-]#[N+]/C(=C\c1ccc(N(c2ccccc2)c2ccccc2)cc1)c1ccc(C=C)cc1. The Balaban J connectivity index is 0.000000192. The second kappa shape index (κ2) is 21.9. The van der Waals surface area contributed by atoms with Crippen molar-refractivity contribution in [2.45, 2.75) is 26.2 Å². The van der Waals surface area contributed by atoms with Gasteiger partial charge in [-0.25, -0.2) is 9.69 Å². The van der Waals surface area contributed by atoms with Gasteiger partial charge < -0.3 is 9.80 Å². The monoisotopic (exact) mass is 826 g/mol. The van der Waals surface area contributed by atoms with Gasteiger partial charge in [-0.05, 0) is 131 Å². The van der Waals surface area contributed by atoms with Crippen molar-refractivity contribution in [2.75, 3.05) is 9.80 Å². The molecule has 0 saturated heterocycles. The van der Waals surface area contributed by atoms with Crippen LogP contribution in [0.25, 0.3) is 39.3 Å². The Hall–Kier alpha value is -8.44. The summed E-state index contributed by atoms with van der Waals surface area (Å²) >= 11 is 0. The van der Waals surface area contributed by atoms with Crippen molar-refractivity contribution >= 4 is 63.7 Å². The average Bonchev–Trinajstić information content (AvgIpc) is 3.37. The normalized spacial score (nSPS) is 11.5. The van der Waals surface area contributed by atoms with Crippen molar-refractivity contribution in [3.8, 4) is 0 Å². The van der Waals surface area contributed by atoms with E-state index in [9.17, 15) is 0 Å². The Labute approximate surface area is 379 Å². The van der Waals surface area contributed by atoms with Gasteiger partial charge in [0.15, 0.2) is 11.4 Å². The molecule has 4 nitrogen and oxygen atoms in total. The van der Waals surface area contributed by atoms with Gasteiger partial charge in [0.1, 0.15) is 0 Å². The molecule has 0 spiro atoms. The molecule has 0 heterocycles. The Morgan fingerprint density at radius 1 is 0.438 bits per heavy atom. The molecule has 0 fully saturated rings. The molecular weight excluding hydrogens is 777 g/mol. The summed E-state index contributed by atoms with van der Waals surface area (Å²) in [4.78, 5) is 12.0. The maximum Gasteiger partial charge on any atom is 0.194 e. The standard InChI is InChI=1S/C31H28N2.C29H22N2/c1-4-24(2)26-17-19-27(20-18-26)31(32-3)23-25-15-21-30(22-16-25)33(28-11-7-5-8-12-28)29-13-9-6-10-14-29;1-3-23-14-18-25(19-15-23)29(30-2)22-24-16-20-28(21-17-24)31(26-10-6-4-7-11-26)27-12-8-5-9-13-27/h5-24H,4H2,1-2H3;3-22H,1H2/b31-23-;29-22-. The number of anilines is 6. The lowest BCUT2D eigenvalue weighted by Crippen LogP contribution is -2.09. The van der Waals surface area contributed by atoms with Crippen molar-refractivity contribution in [1.29, 1.82) is 0 Å². The molecule has 64 heavy (non-hydrogen) atoms. The van der Waals surface area contributed by atoms with Crippen LogP contribution in [0.2, 0.25) is 0 Å². The third-order valence-corrected chi connectivity index (χ3v) is 11.0. The molecule has 8 aromatic rings. The van der Waals surface area contributed by atoms with Crippen LogP contribution >= 0.6 is 0 Å². The molecule has 8 aromatic carbocycles. The van der Waals surface area contributed by atoms with Crippen LogP contribution < -0.4 is 9.80 Å². The highest BCUT2D eigenvalue weighted by Crippen LogP contribution is 2.36. The molecule has 0 saturated carbocycles. The molecule has 0 N–H and O–H groups in total. The van der Waals surface area contributed by atoms with Gasteiger partial charge in [0, 0.05) is 34.1 Å². The molecule has 0 amide bonds. The third kappa shape index (κ3) is 11.1. The Morgan fingerprint density at radius 3 is 1.03 bits per heavy atom. The number of hydrogen-bond acceptors (Lipinski definition) is 2. The fraction of sp³-hybridized carbons (Fsp3) is 0.0667. The number of hydrogen-bond donors (Lipinski definition) is 0. The van der Waals surface area contributed by atoms with Crippen LogP contribution in [0.3, 0.4) is 0 Å². The van der Waals surface area contributed by atoms with Crippen LogP contribution in [0, 0.1) is 13.1 Å². The van der Waals surface area contributed by atoms with E-state index >= 15 is 0 Å². The largest absolute Gasteiger partial charge is 0.311 e. The average molecular weight is 827 g/mol. The summed E-state index contributed by atoms with van der Waals surface area (Å²) in [6, 6.07) is 74.3. The first kappa shape index (κ1) is 43.6. The number of rotatable bonds is 13. The van der Waals surface area contributed by atoms with E-state index in [2.05, 4.69) is 186 Å². The topological polar surface area (TPSA) is 15.2 Å². The predicted octanol–water partition coefficient (Wildman–Crippen LogP) is 17.3. The molecule has 0 aliphatic carbocycles. The molecule has 0 aromatic heterocycles. The zero-order valence-corrected chi connectivity index (χ0v) is 36.3. The molecule has 310 valence electrons. The van der Waals surface area contributed by atoms with Crippen molar-refractivity contribution in [3.05, 3.63) is 281 Å². The third-order valence-electron chi connectivity index (χ3n) is 11.0. The number of para-hydroxylation sites is 4. The molecule has 0 aliphatic heterocycles. The summed E-state index contributed by atoms with van der Waals surface area (Å²) in [6.07, 6.45) is 6.80. The summed E-state index contributed by atoms with van der Waals surface area (Å²) in [6.45, 7) is 23.5. The van der Waals surface area contributed by atoms with Crippen LogP contribution in [0.4, 0.5) is 34.1 Å². The van der Waals surface area contributed by atoms with Crippen LogP contribution in [-0.4, -0.2) is 0 Å². The first-order valence-electron chi connectivity index (χ1n) is 21.5. The summed E-state index contributed by atoms with van der Waals surface area (Å²) in [5.74, 6) is 0.532. The lowest BCUT2D eigenvalue weighted by Gasteiger charge is -2.25. The molecular formula is C60H50N4. The van der Waals surface area contributed by atoms with Gasteiger partial charge in [0.05, 0.1) is 13.1 Å². The van der Waals surface area contributed by atoms with Gasteiger partial charge in [0.25, 0.3) is 0 Å². The van der Waals surface area contributed by atoms with Crippen molar-refractivity contribution in [3.63, 3.8) is 0 Å². The molecule has 8 rings (SSSR count). The summed E-state index contributed by atoms with van der Waals surface area (Å²) in [7, 11) is 0. The van der Waals surface area contributed by atoms with Crippen LogP contribution in [0.15, 0.2) is 225 Å². The first-order chi connectivity index (χ1) is 31.5. The number of nitrogens with zero attached hydrogens (tertiary/aromatic N) is 4. The van der Waals surface area contributed by atoms with E-state index < -0.39 is 0 Å². The van der Waals surface area contributed by atoms with Crippen LogP contribution in [0.5, 0.6) is 0 Å². The molecule has 4 heteroatoms. The summed E-state index contributed by atoms with van der Waals surface area (Å²) < 4.78 is 0. The van der Waals surface area contributed by atoms with Gasteiger partial charge in [-0.15, -0.1) is 0 Å². The van der Waals surface area contributed by atoms with E-state index in [1.807, 2.05) is 84.9 Å². The van der Waals surface area contributed by atoms with E-state index in [-0.39, 0.29) is 0 Å². The lowest BCUT2D eigenvalue weighted by molar-refractivity contribution is 0.733. The quantitative estimate of drug-likeness (QED) is 0.0850. The minimum absolute atomic E-state index is 0.532. The summed E-state index contributed by atoms with van der Waals surface area (Å²) in [5.41, 5.74) is 14.0. The van der Waals surface area contributed by atoms with Gasteiger partial charge in [0.2, 0.25) is 0 Å². The predicted molar refractivity (Wildman–Crippen MR) is 273 cm³/mol. The fourth-order valence-electron chi connectivity index (χ4n) is 7.33. The van der Waals surface area contributed by atoms with E-state index in [1.165, 1.54) is 5.56 Å². The second-order valence-corrected chi connectivity index (χ2v) is 15.2. The molecule has 0 aliphatic rings. The second-order valence-electron chi connectivity index (χ2n) is 15.2. The highest BCUT2D eigenvalue weighted by Gasteiger charge is 2.14. The summed E-state index contributed by atoms with van der Waals surface area (Å²) in [5, 5.41) is 0. The van der Waals surface area contributed by atoms with Crippen LogP contribution in [-0.2, 0) is 0 Å². The highest BCUT2D eigenvalue weighted by molar-refractivity contribution is 5.87. The van der Waals surface area contributed by atoms with Gasteiger partial charge in [-0.3, -0.25) is 0 Å². The Bertz CT molecular complexity index is 2770. The maximum atomic E-state index is 7.70. The van der Waals surface area contributed by atoms with Crippen molar-refractivity contribution in [2.24, 2.45) is 0 Å². The number of benzene rings is 8. The Morgan fingerprint density at radius 2 is 0.734 bits per heavy atom. The molecule has 1 atom stereocenters. The zero-order chi connectivity index (χ0) is 44.5. The van der Waals surface area contributed by atoms with Crippen molar-refractivity contribution in [1.82, 2.24) is 0 Å². The minimum atomic E-state index is 0.532. The molecule has 0 bridgehead atoms. The van der Waals surface area contributed by atoms with Gasteiger partial charge in [-0.1, -0.05) is 172 Å². The smallest absolute Gasteiger partial charge is 0.194 e. The van der Waals surface area contributed by atoms with Gasteiger partial charge >= 0.3 is 0 Å². The van der Waals surface area contributed by atoms with E-state index in [0.29, 0.717) is 17.3 Å². The van der Waals surface area contributed by atoms with Crippen molar-refractivity contribution < 1.29 is 0 Å². The minimum Gasteiger partial charge on any atom is -0.311 e. The molecule has 1 unspecified atom stereocenters. The fourth-order valence-corrected chi connectivity index (χ4v) is 7.33. The maximum absolute atomic E-state index is 7.70. The van der Waals surface area contributed by atoms with E-state index in [1.54, 1.807) is 6.08 Å². The zero-order valence-electron chi connectivity index (χ0n) is 36.3.